The first-order valence-corrected chi connectivity index (χ1v) is 8.11. The summed E-state index contributed by atoms with van der Waals surface area (Å²) in [5, 5.41) is 12.1. The Morgan fingerprint density at radius 1 is 1.10 bits per heavy atom. The number of nitrogens with zero attached hydrogens (tertiary/aromatic N) is 2. The largest absolute Gasteiger partial charge is 0.480 e. The smallest absolute Gasteiger partial charge is 0.317 e. The van der Waals surface area contributed by atoms with Gasteiger partial charge in [-0.25, -0.2) is 4.79 Å². The second kappa shape index (κ2) is 6.22. The third-order valence-electron chi connectivity index (χ3n) is 5.28. The van der Waals surface area contributed by atoms with Crippen molar-refractivity contribution in [1.29, 1.82) is 0 Å². The summed E-state index contributed by atoms with van der Waals surface area (Å²) in [6.07, 6.45) is 5.89. The van der Waals surface area contributed by atoms with Crippen LogP contribution in [0.3, 0.4) is 0 Å². The molecule has 6 nitrogen and oxygen atoms in total. The highest BCUT2D eigenvalue weighted by Crippen LogP contribution is 2.44. The number of carbonyl (C=O) groups is 2. The van der Waals surface area contributed by atoms with E-state index in [1.807, 2.05) is 9.80 Å². The van der Waals surface area contributed by atoms with E-state index < -0.39 is 5.97 Å². The lowest BCUT2D eigenvalue weighted by molar-refractivity contribution is -0.138. The molecule has 0 aromatic rings. The van der Waals surface area contributed by atoms with Gasteiger partial charge in [0.05, 0.1) is 6.54 Å². The lowest BCUT2D eigenvalue weighted by atomic mass is 9.95. The molecule has 1 saturated heterocycles. The van der Waals surface area contributed by atoms with Crippen molar-refractivity contribution in [3.63, 3.8) is 0 Å². The summed E-state index contributed by atoms with van der Waals surface area (Å²) >= 11 is 0. The van der Waals surface area contributed by atoms with Gasteiger partial charge < -0.3 is 15.3 Å². The number of rotatable bonds is 3. The summed E-state index contributed by atoms with van der Waals surface area (Å²) in [5.41, 5.74) is 0. The number of carbonyl (C=O) groups excluding carboxylic acids is 1. The minimum absolute atomic E-state index is 0.0460. The lowest BCUT2D eigenvalue weighted by Gasteiger charge is -2.27. The highest BCUT2D eigenvalue weighted by molar-refractivity contribution is 5.74. The van der Waals surface area contributed by atoms with Gasteiger partial charge in [0, 0.05) is 32.2 Å². The van der Waals surface area contributed by atoms with Crippen LogP contribution in [0.15, 0.2) is 0 Å². The fourth-order valence-electron chi connectivity index (χ4n) is 4.19. The molecule has 0 radical (unpaired) electrons. The Labute approximate surface area is 125 Å². The highest BCUT2D eigenvalue weighted by atomic mass is 16.4. The number of aliphatic carboxylic acids is 1. The van der Waals surface area contributed by atoms with Crippen LogP contribution < -0.4 is 5.32 Å². The maximum atomic E-state index is 12.4. The zero-order valence-electron chi connectivity index (χ0n) is 12.5. The summed E-state index contributed by atoms with van der Waals surface area (Å²) in [4.78, 5) is 26.9. The standard InChI is InChI=1S/C15H25N3O3/c19-14(20)10-17-4-1-5-18(7-6-17)15(21)16-13-9-11-2-3-12(13)8-11/h11-13H,1-10H2,(H,16,21)(H,19,20). The first kappa shape index (κ1) is 14.6. The van der Waals surface area contributed by atoms with Gasteiger partial charge in [0.15, 0.2) is 0 Å². The van der Waals surface area contributed by atoms with Crippen molar-refractivity contribution in [2.24, 2.45) is 11.8 Å². The van der Waals surface area contributed by atoms with Gasteiger partial charge in [0.1, 0.15) is 0 Å². The molecule has 3 rings (SSSR count). The summed E-state index contributed by atoms with van der Waals surface area (Å²) in [5.74, 6) is 0.722. The molecule has 3 unspecified atom stereocenters. The summed E-state index contributed by atoms with van der Waals surface area (Å²) < 4.78 is 0. The minimum atomic E-state index is -0.796. The van der Waals surface area contributed by atoms with E-state index in [0.29, 0.717) is 25.0 Å². The van der Waals surface area contributed by atoms with Crippen LogP contribution in [-0.2, 0) is 4.79 Å². The summed E-state index contributed by atoms with van der Waals surface area (Å²) in [6, 6.07) is 0.416. The minimum Gasteiger partial charge on any atom is -0.480 e. The van der Waals surface area contributed by atoms with Gasteiger partial charge in [-0.1, -0.05) is 6.42 Å². The average molecular weight is 295 g/mol. The van der Waals surface area contributed by atoms with Crippen LogP contribution in [0.25, 0.3) is 0 Å². The Morgan fingerprint density at radius 3 is 2.62 bits per heavy atom. The number of fused-ring (bicyclic) bond motifs is 2. The van der Waals surface area contributed by atoms with Gasteiger partial charge in [0.2, 0.25) is 0 Å². The van der Waals surface area contributed by atoms with Crippen LogP contribution in [0.2, 0.25) is 0 Å². The van der Waals surface area contributed by atoms with E-state index in [1.165, 1.54) is 19.3 Å². The Bertz CT molecular complexity index is 415. The Hall–Kier alpha value is -1.30. The van der Waals surface area contributed by atoms with E-state index in [0.717, 1.165) is 31.8 Å². The fraction of sp³-hybridized carbons (Fsp3) is 0.867. The van der Waals surface area contributed by atoms with Crippen molar-refractivity contribution in [1.82, 2.24) is 15.1 Å². The van der Waals surface area contributed by atoms with E-state index in [4.69, 9.17) is 5.11 Å². The normalized spacial score (nSPS) is 33.0. The number of carboxylic acid groups (broad SMARTS) is 1. The number of hydrogen-bond donors (Lipinski definition) is 2. The average Bonchev–Trinajstić information content (AvgIpc) is 2.96. The Morgan fingerprint density at radius 2 is 1.95 bits per heavy atom. The number of hydrogen-bond acceptors (Lipinski definition) is 3. The van der Waals surface area contributed by atoms with Gasteiger partial charge in [-0.2, -0.15) is 0 Å². The molecule has 2 amide bonds. The van der Waals surface area contributed by atoms with Crippen molar-refractivity contribution < 1.29 is 14.7 Å². The van der Waals surface area contributed by atoms with E-state index in [-0.39, 0.29) is 12.6 Å². The van der Waals surface area contributed by atoms with Crippen LogP contribution in [0.5, 0.6) is 0 Å². The first-order valence-electron chi connectivity index (χ1n) is 8.11. The molecule has 0 aromatic heterocycles. The maximum absolute atomic E-state index is 12.4. The highest BCUT2D eigenvalue weighted by Gasteiger charge is 2.40. The maximum Gasteiger partial charge on any atom is 0.317 e. The van der Waals surface area contributed by atoms with E-state index >= 15 is 0 Å². The number of urea groups is 1. The van der Waals surface area contributed by atoms with Crippen LogP contribution in [0, 0.1) is 11.8 Å². The van der Waals surface area contributed by atoms with Crippen molar-refractivity contribution in [3.05, 3.63) is 0 Å². The molecule has 2 aliphatic carbocycles. The third kappa shape index (κ3) is 3.48. The molecular weight excluding hydrogens is 270 g/mol. The van der Waals surface area contributed by atoms with Crippen molar-refractivity contribution in [3.8, 4) is 0 Å². The molecule has 3 aliphatic rings. The van der Waals surface area contributed by atoms with Gasteiger partial charge in [-0.3, -0.25) is 9.69 Å². The quantitative estimate of drug-likeness (QED) is 0.814. The summed E-state index contributed by atoms with van der Waals surface area (Å²) in [6.45, 7) is 2.82. The van der Waals surface area contributed by atoms with Gasteiger partial charge in [0.25, 0.3) is 0 Å². The topological polar surface area (TPSA) is 72.9 Å². The predicted octanol–water partition coefficient (Wildman–Crippen LogP) is 0.977. The van der Waals surface area contributed by atoms with E-state index in [1.54, 1.807) is 0 Å². The van der Waals surface area contributed by atoms with E-state index in [9.17, 15) is 9.59 Å². The second-order valence-electron chi connectivity index (χ2n) is 6.74. The van der Waals surface area contributed by atoms with Gasteiger partial charge >= 0.3 is 12.0 Å². The zero-order chi connectivity index (χ0) is 14.8. The van der Waals surface area contributed by atoms with Crippen LogP contribution in [-0.4, -0.2) is 65.7 Å². The molecule has 1 heterocycles. The molecule has 2 N–H and O–H groups in total. The predicted molar refractivity (Wildman–Crippen MR) is 78.0 cm³/mol. The molecule has 2 saturated carbocycles. The monoisotopic (exact) mass is 295 g/mol. The van der Waals surface area contributed by atoms with Crippen LogP contribution in [0.1, 0.15) is 32.1 Å². The van der Waals surface area contributed by atoms with Crippen LogP contribution >= 0.6 is 0 Å². The molecule has 0 aromatic carbocycles. The fourth-order valence-corrected chi connectivity index (χ4v) is 4.19. The molecule has 21 heavy (non-hydrogen) atoms. The molecule has 3 fully saturated rings. The third-order valence-corrected chi connectivity index (χ3v) is 5.28. The first-order chi connectivity index (χ1) is 10.1. The van der Waals surface area contributed by atoms with Crippen molar-refractivity contribution in [2.75, 3.05) is 32.7 Å². The Kier molecular flexibility index (Phi) is 4.33. The molecule has 3 atom stereocenters. The lowest BCUT2D eigenvalue weighted by Crippen LogP contribution is -2.47. The van der Waals surface area contributed by atoms with E-state index in [2.05, 4.69) is 5.32 Å². The number of nitrogens with one attached hydrogen (secondary N) is 1. The number of amides is 2. The Balaban J connectivity index is 1.47. The van der Waals surface area contributed by atoms with Crippen molar-refractivity contribution >= 4 is 12.0 Å². The molecular formula is C15H25N3O3. The molecule has 2 bridgehead atoms. The molecule has 6 heteroatoms. The molecule has 118 valence electrons. The van der Waals surface area contributed by atoms with Gasteiger partial charge in [-0.05, 0) is 37.5 Å². The zero-order valence-corrected chi connectivity index (χ0v) is 12.5. The SMILES string of the molecule is O=C(O)CN1CCCN(C(=O)NC2CC3CCC2C3)CC1. The number of carboxylic acids is 1. The molecule has 1 aliphatic heterocycles. The van der Waals surface area contributed by atoms with Gasteiger partial charge in [-0.15, -0.1) is 0 Å². The van der Waals surface area contributed by atoms with Crippen molar-refractivity contribution in [2.45, 2.75) is 38.1 Å². The van der Waals surface area contributed by atoms with Crippen LogP contribution in [0.4, 0.5) is 4.79 Å². The molecule has 0 spiro atoms. The summed E-state index contributed by atoms with van der Waals surface area (Å²) in [7, 11) is 0. The second-order valence-corrected chi connectivity index (χ2v) is 6.74.